The van der Waals surface area contributed by atoms with E-state index in [2.05, 4.69) is 22.4 Å². The summed E-state index contributed by atoms with van der Waals surface area (Å²) in [5.74, 6) is 0.747. The van der Waals surface area contributed by atoms with Gasteiger partial charge in [-0.2, -0.15) is 0 Å². The summed E-state index contributed by atoms with van der Waals surface area (Å²) in [7, 11) is 0. The Morgan fingerprint density at radius 2 is 2.14 bits per heavy atom. The van der Waals surface area contributed by atoms with Crippen molar-refractivity contribution in [1.29, 1.82) is 0 Å². The van der Waals surface area contributed by atoms with Gasteiger partial charge in [-0.15, -0.1) is 11.3 Å². The molecule has 146 valence electrons. The van der Waals surface area contributed by atoms with Crippen LogP contribution < -0.4 is 5.32 Å². The lowest BCUT2D eigenvalue weighted by Crippen LogP contribution is -2.39. The minimum absolute atomic E-state index is 0.0747. The lowest BCUT2D eigenvalue weighted by Gasteiger charge is -2.24. The van der Waals surface area contributed by atoms with Crippen molar-refractivity contribution >= 4 is 22.5 Å². The molecular weight excluding hydrogens is 374 g/mol. The lowest BCUT2D eigenvalue weighted by atomic mass is 10.1. The molecule has 1 aliphatic rings. The summed E-state index contributed by atoms with van der Waals surface area (Å²) in [6.07, 6.45) is 6.33. The number of anilines is 1. The number of urea groups is 1. The fourth-order valence-corrected chi connectivity index (χ4v) is 4.10. The maximum Gasteiger partial charge on any atom is 0.324 e. The Morgan fingerprint density at radius 1 is 1.25 bits per heavy atom. The van der Waals surface area contributed by atoms with Gasteiger partial charge in [0.05, 0.1) is 18.9 Å². The smallest absolute Gasteiger partial charge is 0.324 e. The number of benzene rings is 1. The second-order valence-corrected chi connectivity index (χ2v) is 7.93. The Bertz CT molecular complexity index is 873. The van der Waals surface area contributed by atoms with E-state index < -0.39 is 0 Å². The van der Waals surface area contributed by atoms with Gasteiger partial charge in [0, 0.05) is 30.6 Å². The van der Waals surface area contributed by atoms with Crippen molar-refractivity contribution in [2.45, 2.75) is 31.9 Å². The SMILES string of the molecule is O=C(Nc1ncc(Cc2ccccc2)s1)N(Cc1ccco1)C[C@H]1CCCO1. The maximum atomic E-state index is 12.9. The van der Waals surface area contributed by atoms with Crippen molar-refractivity contribution in [2.75, 3.05) is 18.5 Å². The summed E-state index contributed by atoms with van der Waals surface area (Å²) in [6, 6.07) is 13.7. The van der Waals surface area contributed by atoms with Crippen LogP contribution in [0.15, 0.2) is 59.3 Å². The Labute approximate surface area is 168 Å². The molecule has 0 radical (unpaired) electrons. The van der Waals surface area contributed by atoms with Crippen molar-refractivity contribution in [2.24, 2.45) is 0 Å². The molecule has 1 atom stereocenters. The normalized spacial score (nSPS) is 16.2. The average molecular weight is 398 g/mol. The van der Waals surface area contributed by atoms with E-state index in [-0.39, 0.29) is 12.1 Å². The molecular formula is C21H23N3O3S. The quantitative estimate of drug-likeness (QED) is 0.636. The molecule has 3 heterocycles. The van der Waals surface area contributed by atoms with Gasteiger partial charge in [0.25, 0.3) is 0 Å². The van der Waals surface area contributed by atoms with Gasteiger partial charge in [0.1, 0.15) is 5.76 Å². The first kappa shape index (κ1) is 18.7. The molecule has 2 amide bonds. The Hall–Kier alpha value is -2.64. The standard InChI is InChI=1S/C21H23N3O3S/c25-21(23-20-22-13-19(28-20)12-16-6-2-1-3-7-16)24(14-17-8-4-10-26-17)15-18-9-5-11-27-18/h1-4,6-8,10,13,18H,5,9,11-12,14-15H2,(H,22,23,25)/t18-/m1/s1. The number of carbonyl (C=O) groups excluding carboxylic acids is 1. The molecule has 2 aromatic heterocycles. The highest BCUT2D eigenvalue weighted by molar-refractivity contribution is 7.15. The molecule has 0 bridgehead atoms. The van der Waals surface area contributed by atoms with Crippen LogP contribution in [0, 0.1) is 0 Å². The van der Waals surface area contributed by atoms with Gasteiger partial charge in [0.15, 0.2) is 5.13 Å². The molecule has 1 aliphatic heterocycles. The van der Waals surface area contributed by atoms with Gasteiger partial charge in [-0.25, -0.2) is 9.78 Å². The molecule has 0 spiro atoms. The third-order valence-corrected chi connectivity index (χ3v) is 5.56. The van der Waals surface area contributed by atoms with Crippen molar-refractivity contribution in [3.8, 4) is 0 Å². The zero-order valence-corrected chi connectivity index (χ0v) is 16.4. The first-order valence-corrected chi connectivity index (χ1v) is 10.3. The highest BCUT2D eigenvalue weighted by Gasteiger charge is 2.24. The topological polar surface area (TPSA) is 67.6 Å². The molecule has 1 aromatic carbocycles. The van der Waals surface area contributed by atoms with Gasteiger partial charge in [-0.05, 0) is 30.5 Å². The number of nitrogens with zero attached hydrogens (tertiary/aromatic N) is 2. The van der Waals surface area contributed by atoms with E-state index in [0.29, 0.717) is 18.2 Å². The summed E-state index contributed by atoms with van der Waals surface area (Å²) < 4.78 is 11.1. The van der Waals surface area contributed by atoms with E-state index >= 15 is 0 Å². The van der Waals surface area contributed by atoms with E-state index in [0.717, 1.165) is 36.5 Å². The molecule has 0 unspecified atom stereocenters. The first-order chi connectivity index (χ1) is 13.8. The number of ether oxygens (including phenoxy) is 1. The summed E-state index contributed by atoms with van der Waals surface area (Å²) in [4.78, 5) is 20.1. The minimum atomic E-state index is -0.187. The second kappa shape index (κ2) is 9.03. The van der Waals surface area contributed by atoms with Crippen LogP contribution in [0.1, 0.15) is 29.0 Å². The number of aromatic nitrogens is 1. The number of rotatable bonds is 7. The molecule has 7 heteroatoms. The molecule has 1 saturated heterocycles. The van der Waals surface area contributed by atoms with Crippen LogP contribution in [-0.4, -0.2) is 35.2 Å². The zero-order chi connectivity index (χ0) is 19.2. The van der Waals surface area contributed by atoms with Crippen molar-refractivity contribution in [3.05, 3.63) is 71.1 Å². The van der Waals surface area contributed by atoms with Gasteiger partial charge in [-0.1, -0.05) is 30.3 Å². The van der Waals surface area contributed by atoms with Gasteiger partial charge < -0.3 is 14.1 Å². The van der Waals surface area contributed by atoms with Gasteiger partial charge in [-0.3, -0.25) is 5.32 Å². The highest BCUT2D eigenvalue weighted by atomic mass is 32.1. The Balaban J connectivity index is 1.40. The van der Waals surface area contributed by atoms with E-state index in [9.17, 15) is 4.79 Å². The molecule has 3 aromatic rings. The number of thiazole rings is 1. The highest BCUT2D eigenvalue weighted by Crippen LogP contribution is 2.22. The number of hydrogen-bond donors (Lipinski definition) is 1. The fraction of sp³-hybridized carbons (Fsp3) is 0.333. The van der Waals surface area contributed by atoms with Crippen LogP contribution in [0.2, 0.25) is 0 Å². The van der Waals surface area contributed by atoms with Gasteiger partial charge >= 0.3 is 6.03 Å². The van der Waals surface area contributed by atoms with E-state index in [1.54, 1.807) is 11.2 Å². The fourth-order valence-electron chi connectivity index (χ4n) is 3.26. The van der Waals surface area contributed by atoms with Crippen LogP contribution >= 0.6 is 11.3 Å². The molecule has 0 saturated carbocycles. The molecule has 28 heavy (non-hydrogen) atoms. The number of hydrogen-bond acceptors (Lipinski definition) is 5. The predicted molar refractivity (Wildman–Crippen MR) is 108 cm³/mol. The summed E-state index contributed by atoms with van der Waals surface area (Å²) in [5.41, 5.74) is 1.22. The minimum Gasteiger partial charge on any atom is -0.467 e. The van der Waals surface area contributed by atoms with Crippen LogP contribution in [0.25, 0.3) is 0 Å². The summed E-state index contributed by atoms with van der Waals surface area (Å²) in [6.45, 7) is 1.70. The van der Waals surface area contributed by atoms with Crippen LogP contribution in [-0.2, 0) is 17.7 Å². The van der Waals surface area contributed by atoms with Crippen molar-refractivity contribution in [3.63, 3.8) is 0 Å². The molecule has 6 nitrogen and oxygen atoms in total. The predicted octanol–water partition coefficient (Wildman–Crippen LogP) is 4.54. The number of amides is 2. The second-order valence-electron chi connectivity index (χ2n) is 6.82. The average Bonchev–Trinajstić information content (AvgIpc) is 3.46. The Morgan fingerprint density at radius 3 is 2.89 bits per heavy atom. The van der Waals surface area contributed by atoms with E-state index in [1.807, 2.05) is 36.5 Å². The molecule has 4 rings (SSSR count). The first-order valence-electron chi connectivity index (χ1n) is 9.45. The number of nitrogens with one attached hydrogen (secondary N) is 1. The van der Waals surface area contributed by atoms with Crippen molar-refractivity contribution < 1.29 is 13.9 Å². The maximum absolute atomic E-state index is 12.9. The van der Waals surface area contributed by atoms with Crippen molar-refractivity contribution in [1.82, 2.24) is 9.88 Å². The van der Waals surface area contributed by atoms with Gasteiger partial charge in [0.2, 0.25) is 0 Å². The zero-order valence-electron chi connectivity index (χ0n) is 15.5. The third kappa shape index (κ3) is 4.99. The van der Waals surface area contributed by atoms with Crippen LogP contribution in [0.3, 0.4) is 0 Å². The lowest BCUT2D eigenvalue weighted by molar-refractivity contribution is 0.0803. The largest absolute Gasteiger partial charge is 0.467 e. The van der Waals surface area contributed by atoms with Crippen LogP contribution in [0.5, 0.6) is 0 Å². The number of carbonyl (C=O) groups is 1. The molecule has 1 fully saturated rings. The van der Waals surface area contributed by atoms with Crippen LogP contribution in [0.4, 0.5) is 9.93 Å². The van der Waals surface area contributed by atoms with E-state index in [1.165, 1.54) is 16.9 Å². The van der Waals surface area contributed by atoms with E-state index in [4.69, 9.17) is 9.15 Å². The molecule has 0 aliphatic carbocycles. The number of furan rings is 1. The summed E-state index contributed by atoms with van der Waals surface area (Å²) >= 11 is 1.50. The monoisotopic (exact) mass is 397 g/mol. The summed E-state index contributed by atoms with van der Waals surface area (Å²) in [5, 5.41) is 3.54. The third-order valence-electron chi connectivity index (χ3n) is 4.65. The Kier molecular flexibility index (Phi) is 6.04. The molecule has 1 N–H and O–H groups in total.